The topological polar surface area (TPSA) is 96.3 Å². The van der Waals surface area contributed by atoms with E-state index in [-0.39, 0.29) is 11.8 Å². The van der Waals surface area contributed by atoms with E-state index in [9.17, 15) is 14.4 Å². The summed E-state index contributed by atoms with van der Waals surface area (Å²) < 4.78 is 2.06. The zero-order chi connectivity index (χ0) is 22.8. The first kappa shape index (κ1) is 22.7. The average Bonchev–Trinajstić information content (AvgIpc) is 2.97. The van der Waals surface area contributed by atoms with E-state index in [0.717, 1.165) is 37.1 Å². The largest absolute Gasteiger partial charge is 0.355 e. The first-order chi connectivity index (χ1) is 14.7. The summed E-state index contributed by atoms with van der Waals surface area (Å²) in [6.45, 7) is 7.91. The minimum Gasteiger partial charge on any atom is -0.355 e. The molecular formula is C23H31N5O3. The summed E-state index contributed by atoms with van der Waals surface area (Å²) in [6.07, 6.45) is 1.69. The van der Waals surface area contributed by atoms with Gasteiger partial charge in [-0.15, -0.1) is 0 Å². The summed E-state index contributed by atoms with van der Waals surface area (Å²) in [5, 5.41) is 5.48. The Bertz CT molecular complexity index is 990. The molecule has 0 spiro atoms. The van der Waals surface area contributed by atoms with Crippen molar-refractivity contribution >= 4 is 18.1 Å². The molecule has 2 heterocycles. The third-order valence-corrected chi connectivity index (χ3v) is 5.59. The molecule has 1 unspecified atom stereocenters. The number of aldehydes is 1. The fourth-order valence-corrected chi connectivity index (χ4v) is 3.73. The maximum absolute atomic E-state index is 13.2. The minimum atomic E-state index is -0.624. The van der Waals surface area contributed by atoms with Gasteiger partial charge >= 0.3 is 0 Å². The van der Waals surface area contributed by atoms with Crippen LogP contribution in [0.25, 0.3) is 11.4 Å². The molecule has 0 radical (unpaired) electrons. The minimum absolute atomic E-state index is 0.179. The number of hydrogen-bond donors (Lipinski definition) is 2. The van der Waals surface area contributed by atoms with Crippen molar-refractivity contribution in [2.45, 2.75) is 46.3 Å². The number of carbonyl (C=O) groups is 3. The monoisotopic (exact) mass is 425 g/mol. The van der Waals surface area contributed by atoms with Crippen molar-refractivity contribution in [3.05, 3.63) is 41.2 Å². The third-order valence-electron chi connectivity index (χ3n) is 5.59. The van der Waals surface area contributed by atoms with Crippen LogP contribution in [0.5, 0.6) is 0 Å². The molecule has 0 aliphatic carbocycles. The second kappa shape index (κ2) is 9.01. The Labute approximate surface area is 183 Å². The van der Waals surface area contributed by atoms with Crippen LogP contribution >= 0.6 is 0 Å². The van der Waals surface area contributed by atoms with Crippen LogP contribution in [0.1, 0.15) is 53.7 Å². The van der Waals surface area contributed by atoms with Gasteiger partial charge in [-0.1, -0.05) is 32.9 Å². The van der Waals surface area contributed by atoms with Crippen LogP contribution < -0.4 is 10.6 Å². The summed E-state index contributed by atoms with van der Waals surface area (Å²) in [7, 11) is 3.60. The van der Waals surface area contributed by atoms with E-state index in [1.165, 1.54) is 0 Å². The van der Waals surface area contributed by atoms with E-state index in [4.69, 9.17) is 4.98 Å². The molecule has 3 rings (SSSR count). The van der Waals surface area contributed by atoms with Gasteiger partial charge in [0.2, 0.25) is 0 Å². The van der Waals surface area contributed by atoms with E-state index in [1.807, 2.05) is 40.0 Å². The molecule has 2 N–H and O–H groups in total. The lowest BCUT2D eigenvalue weighted by Crippen LogP contribution is -2.45. The van der Waals surface area contributed by atoms with Crippen molar-refractivity contribution in [3.8, 4) is 11.4 Å². The van der Waals surface area contributed by atoms with E-state index < -0.39 is 11.5 Å². The first-order valence-electron chi connectivity index (χ1n) is 10.5. The van der Waals surface area contributed by atoms with Crippen molar-refractivity contribution in [1.29, 1.82) is 0 Å². The lowest BCUT2D eigenvalue weighted by Gasteiger charge is -2.26. The fraction of sp³-hybridized carbons (Fsp3) is 0.478. The van der Waals surface area contributed by atoms with Gasteiger partial charge in [-0.25, -0.2) is 4.98 Å². The molecule has 8 nitrogen and oxygen atoms in total. The fourth-order valence-electron chi connectivity index (χ4n) is 3.73. The predicted octanol–water partition coefficient (Wildman–Crippen LogP) is 2.09. The Morgan fingerprint density at radius 1 is 1.19 bits per heavy atom. The van der Waals surface area contributed by atoms with Gasteiger partial charge in [-0.3, -0.25) is 9.59 Å². The maximum Gasteiger partial charge on any atom is 0.272 e. The zero-order valence-corrected chi connectivity index (χ0v) is 18.9. The van der Waals surface area contributed by atoms with E-state index >= 15 is 0 Å². The second-order valence-electron chi connectivity index (χ2n) is 9.09. The van der Waals surface area contributed by atoms with Crippen molar-refractivity contribution < 1.29 is 14.4 Å². The number of aromatic nitrogens is 2. The highest BCUT2D eigenvalue weighted by Crippen LogP contribution is 2.27. The van der Waals surface area contributed by atoms with Crippen LogP contribution in [0.4, 0.5) is 0 Å². The molecule has 0 saturated carbocycles. The van der Waals surface area contributed by atoms with Gasteiger partial charge in [0.1, 0.15) is 12.1 Å². The number of amides is 2. The smallest absolute Gasteiger partial charge is 0.272 e. The van der Waals surface area contributed by atoms with E-state index in [2.05, 4.69) is 20.1 Å². The van der Waals surface area contributed by atoms with Crippen LogP contribution in [0.2, 0.25) is 0 Å². The number of imidazole rings is 1. The van der Waals surface area contributed by atoms with Crippen molar-refractivity contribution in [1.82, 2.24) is 25.1 Å². The molecule has 1 aromatic heterocycles. The SMILES string of the molecule is CNC(=O)c1cccc(-c2nc(C(=O)NC(C=O)C(C)(C)C)c3n2CCCN(C)C3)c1. The highest BCUT2D eigenvalue weighted by Gasteiger charge is 2.30. The van der Waals surface area contributed by atoms with Gasteiger partial charge < -0.3 is 24.9 Å². The molecule has 166 valence electrons. The van der Waals surface area contributed by atoms with Crippen LogP contribution in [0.15, 0.2) is 24.3 Å². The van der Waals surface area contributed by atoms with Gasteiger partial charge in [0.25, 0.3) is 11.8 Å². The second-order valence-corrected chi connectivity index (χ2v) is 9.09. The number of carbonyl (C=O) groups excluding carboxylic acids is 3. The normalized spacial score (nSPS) is 15.5. The quantitative estimate of drug-likeness (QED) is 0.715. The maximum atomic E-state index is 13.2. The van der Waals surface area contributed by atoms with E-state index in [0.29, 0.717) is 23.6 Å². The molecular weight excluding hydrogens is 394 g/mol. The number of nitrogens with zero attached hydrogens (tertiary/aromatic N) is 3. The van der Waals surface area contributed by atoms with Crippen LogP contribution in [-0.4, -0.2) is 59.2 Å². The first-order valence-corrected chi connectivity index (χ1v) is 10.5. The molecule has 1 aliphatic rings. The van der Waals surface area contributed by atoms with Crippen molar-refractivity contribution in [3.63, 3.8) is 0 Å². The number of fused-ring (bicyclic) bond motifs is 1. The third kappa shape index (κ3) is 4.85. The lowest BCUT2D eigenvalue weighted by molar-refractivity contribution is -0.111. The highest BCUT2D eigenvalue weighted by molar-refractivity contribution is 5.97. The summed E-state index contributed by atoms with van der Waals surface area (Å²) in [6, 6.07) is 6.61. The van der Waals surface area contributed by atoms with Gasteiger partial charge in [0, 0.05) is 31.3 Å². The number of rotatable bonds is 5. The molecule has 2 amide bonds. The summed E-state index contributed by atoms with van der Waals surface area (Å²) in [5.41, 5.74) is 2.04. The van der Waals surface area contributed by atoms with Gasteiger partial charge in [-0.05, 0) is 37.6 Å². The van der Waals surface area contributed by atoms with Crippen molar-refractivity contribution in [2.24, 2.45) is 5.41 Å². The Kier molecular flexibility index (Phi) is 6.59. The number of nitrogens with one attached hydrogen (secondary N) is 2. The molecule has 1 atom stereocenters. The molecule has 1 aliphatic heterocycles. The van der Waals surface area contributed by atoms with Gasteiger partial charge in [0.15, 0.2) is 5.69 Å². The molecule has 31 heavy (non-hydrogen) atoms. The Morgan fingerprint density at radius 3 is 2.58 bits per heavy atom. The highest BCUT2D eigenvalue weighted by atomic mass is 16.2. The molecule has 0 bridgehead atoms. The van der Waals surface area contributed by atoms with Gasteiger partial charge in [-0.2, -0.15) is 0 Å². The van der Waals surface area contributed by atoms with Gasteiger partial charge in [0.05, 0.1) is 11.7 Å². The average molecular weight is 426 g/mol. The Balaban J connectivity index is 2.08. The Hall–Kier alpha value is -3.00. The summed E-state index contributed by atoms with van der Waals surface area (Å²) in [5.74, 6) is 0.112. The lowest BCUT2D eigenvalue weighted by atomic mass is 9.87. The van der Waals surface area contributed by atoms with Crippen LogP contribution in [0.3, 0.4) is 0 Å². The van der Waals surface area contributed by atoms with Crippen LogP contribution in [0, 0.1) is 5.41 Å². The van der Waals surface area contributed by atoms with Crippen LogP contribution in [-0.2, 0) is 17.9 Å². The summed E-state index contributed by atoms with van der Waals surface area (Å²) >= 11 is 0. The molecule has 0 saturated heterocycles. The number of hydrogen-bond acceptors (Lipinski definition) is 5. The van der Waals surface area contributed by atoms with E-state index in [1.54, 1.807) is 19.2 Å². The zero-order valence-electron chi connectivity index (χ0n) is 18.9. The van der Waals surface area contributed by atoms with Crippen molar-refractivity contribution in [2.75, 3.05) is 20.6 Å². The molecule has 0 fully saturated rings. The summed E-state index contributed by atoms with van der Waals surface area (Å²) in [4.78, 5) is 43.7. The molecule has 8 heteroatoms. The standard InChI is InChI=1S/C23H31N5O3/c1-23(2,3)18(14-29)25-22(31)19-17-13-27(5)10-7-11-28(17)20(26-19)15-8-6-9-16(12-15)21(30)24-4/h6,8-9,12,14,18H,7,10-11,13H2,1-5H3,(H,24,30)(H,25,31). The predicted molar refractivity (Wildman–Crippen MR) is 119 cm³/mol. The molecule has 1 aromatic carbocycles. The number of benzene rings is 1. The molecule has 2 aromatic rings. The Morgan fingerprint density at radius 2 is 1.94 bits per heavy atom.